The van der Waals surface area contributed by atoms with Crippen LogP contribution in [0.2, 0.25) is 0 Å². The van der Waals surface area contributed by atoms with Gasteiger partial charge in [0.15, 0.2) is 0 Å². The number of benzene rings is 2. The van der Waals surface area contributed by atoms with Gasteiger partial charge in [-0.2, -0.15) is 4.99 Å². The zero-order valence-corrected chi connectivity index (χ0v) is 16.0. The first-order valence-electron chi connectivity index (χ1n) is 9.19. The second-order valence-corrected chi connectivity index (χ2v) is 7.05. The number of nitrogens with zero attached hydrogens (tertiary/aromatic N) is 1. The third-order valence-electron chi connectivity index (χ3n) is 4.21. The number of amides is 1. The maximum absolute atomic E-state index is 13.5. The molecule has 6 nitrogen and oxygen atoms in total. The van der Waals surface area contributed by atoms with Crippen LogP contribution < -0.4 is 21.5 Å². The molecule has 1 heterocycles. The van der Waals surface area contributed by atoms with Gasteiger partial charge in [0.1, 0.15) is 17.5 Å². The summed E-state index contributed by atoms with van der Waals surface area (Å²) in [5.74, 6) is -2.22. The SMILES string of the molecule is CC(C)N/C(=N/C(=O)c1cccc(F)c1)NC1CC(c2cc(F)cc(F)c2)NN1. The molecule has 154 valence electrons. The molecule has 2 unspecified atom stereocenters. The van der Waals surface area contributed by atoms with Crippen molar-refractivity contribution < 1.29 is 18.0 Å². The van der Waals surface area contributed by atoms with Gasteiger partial charge >= 0.3 is 0 Å². The van der Waals surface area contributed by atoms with Gasteiger partial charge in [-0.3, -0.25) is 4.79 Å². The molecule has 0 radical (unpaired) electrons. The minimum atomic E-state index is -0.650. The first-order chi connectivity index (χ1) is 13.8. The molecular formula is C20H22F3N5O. The molecule has 3 rings (SSSR count). The van der Waals surface area contributed by atoms with Crippen molar-refractivity contribution in [1.82, 2.24) is 21.5 Å². The van der Waals surface area contributed by atoms with E-state index in [1.807, 2.05) is 13.8 Å². The summed E-state index contributed by atoms with van der Waals surface area (Å²) in [4.78, 5) is 16.4. The number of hydrazine groups is 1. The molecule has 2 aromatic carbocycles. The zero-order chi connectivity index (χ0) is 21.0. The van der Waals surface area contributed by atoms with Crippen LogP contribution in [0.4, 0.5) is 13.2 Å². The highest BCUT2D eigenvalue weighted by atomic mass is 19.1. The Labute approximate surface area is 166 Å². The standard InChI is InChI=1S/C20H22F3N5O/c1-11(2)24-20(26-19(29)12-4-3-5-14(21)6-12)25-18-10-17(27-28-18)13-7-15(22)9-16(23)8-13/h3-9,11,17-18,27-28H,10H2,1-2H3,(H2,24,25,26,29). The number of rotatable bonds is 4. The van der Waals surface area contributed by atoms with Gasteiger partial charge in [0, 0.05) is 30.1 Å². The summed E-state index contributed by atoms with van der Waals surface area (Å²) in [6, 6.07) is 8.26. The van der Waals surface area contributed by atoms with E-state index >= 15 is 0 Å². The number of hydrogen-bond donors (Lipinski definition) is 4. The number of guanidine groups is 1. The second-order valence-electron chi connectivity index (χ2n) is 7.05. The van der Waals surface area contributed by atoms with Gasteiger partial charge in [0.25, 0.3) is 5.91 Å². The molecule has 1 amide bonds. The van der Waals surface area contributed by atoms with Gasteiger partial charge in [-0.15, -0.1) is 0 Å². The van der Waals surface area contributed by atoms with Gasteiger partial charge in [-0.1, -0.05) is 6.07 Å². The molecule has 2 atom stereocenters. The summed E-state index contributed by atoms with van der Waals surface area (Å²) in [6.45, 7) is 3.75. The Balaban J connectivity index is 1.71. The quantitative estimate of drug-likeness (QED) is 0.465. The highest BCUT2D eigenvalue weighted by Crippen LogP contribution is 2.23. The molecule has 1 aliphatic rings. The van der Waals surface area contributed by atoms with Crippen LogP contribution in [-0.4, -0.2) is 24.1 Å². The lowest BCUT2D eigenvalue weighted by Crippen LogP contribution is -2.51. The Bertz CT molecular complexity index is 898. The van der Waals surface area contributed by atoms with Crippen LogP contribution in [0.15, 0.2) is 47.5 Å². The normalized spacial score (nSPS) is 19.4. The molecule has 0 saturated carbocycles. The van der Waals surface area contributed by atoms with Crippen molar-refractivity contribution in [3.63, 3.8) is 0 Å². The molecule has 0 bridgehead atoms. The van der Waals surface area contributed by atoms with Crippen LogP contribution in [0.5, 0.6) is 0 Å². The lowest BCUT2D eigenvalue weighted by Gasteiger charge is -2.19. The largest absolute Gasteiger partial charge is 0.354 e. The first kappa shape index (κ1) is 20.8. The fraction of sp³-hybridized carbons (Fsp3) is 0.300. The minimum Gasteiger partial charge on any atom is -0.354 e. The van der Waals surface area contributed by atoms with Crippen molar-refractivity contribution in [3.05, 3.63) is 71.0 Å². The van der Waals surface area contributed by atoms with Gasteiger partial charge in [0.05, 0.1) is 6.17 Å². The maximum atomic E-state index is 13.5. The zero-order valence-electron chi connectivity index (χ0n) is 16.0. The number of aliphatic imine (C=N–C) groups is 1. The monoisotopic (exact) mass is 405 g/mol. The summed E-state index contributed by atoms with van der Waals surface area (Å²) in [6.07, 6.45) is 0.0761. The van der Waals surface area contributed by atoms with Crippen LogP contribution in [-0.2, 0) is 0 Å². The molecule has 2 aromatic rings. The number of halogens is 3. The van der Waals surface area contributed by atoms with E-state index in [2.05, 4.69) is 26.5 Å². The Morgan fingerprint density at radius 1 is 1.07 bits per heavy atom. The second kappa shape index (κ2) is 9.06. The average Bonchev–Trinajstić information content (AvgIpc) is 3.09. The predicted octanol–water partition coefficient (Wildman–Crippen LogP) is 2.75. The van der Waals surface area contributed by atoms with Crippen LogP contribution in [0.3, 0.4) is 0 Å². The first-order valence-corrected chi connectivity index (χ1v) is 9.19. The van der Waals surface area contributed by atoms with Crippen molar-refractivity contribution in [1.29, 1.82) is 0 Å². The van der Waals surface area contributed by atoms with Crippen LogP contribution >= 0.6 is 0 Å². The van der Waals surface area contributed by atoms with Gasteiger partial charge in [-0.25, -0.2) is 24.0 Å². The van der Waals surface area contributed by atoms with Gasteiger partial charge in [0.2, 0.25) is 5.96 Å². The summed E-state index contributed by atoms with van der Waals surface area (Å²) in [5, 5.41) is 6.09. The fourth-order valence-corrected chi connectivity index (χ4v) is 2.98. The van der Waals surface area contributed by atoms with E-state index < -0.39 is 23.4 Å². The van der Waals surface area contributed by atoms with E-state index in [1.54, 1.807) is 0 Å². The average molecular weight is 405 g/mol. The van der Waals surface area contributed by atoms with Crippen molar-refractivity contribution in [2.45, 2.75) is 38.5 Å². The van der Waals surface area contributed by atoms with Crippen LogP contribution in [0, 0.1) is 17.5 Å². The van der Waals surface area contributed by atoms with E-state index in [0.29, 0.717) is 12.0 Å². The van der Waals surface area contributed by atoms with E-state index in [9.17, 15) is 18.0 Å². The molecule has 4 N–H and O–H groups in total. The molecule has 0 spiro atoms. The van der Waals surface area contributed by atoms with E-state index in [0.717, 1.165) is 12.1 Å². The highest BCUT2D eigenvalue weighted by molar-refractivity contribution is 6.02. The molecular weight excluding hydrogens is 383 g/mol. The minimum absolute atomic E-state index is 0.0240. The molecule has 0 aliphatic carbocycles. The Kier molecular flexibility index (Phi) is 6.50. The van der Waals surface area contributed by atoms with Crippen LogP contribution in [0.1, 0.15) is 42.2 Å². The van der Waals surface area contributed by atoms with Gasteiger partial charge in [-0.05, 0) is 49.7 Å². The molecule has 1 saturated heterocycles. The summed E-state index contributed by atoms with van der Waals surface area (Å²) in [5.41, 5.74) is 6.53. The molecule has 29 heavy (non-hydrogen) atoms. The Hall–Kier alpha value is -2.91. The smallest absolute Gasteiger partial charge is 0.280 e. The lowest BCUT2D eigenvalue weighted by atomic mass is 10.0. The third kappa shape index (κ3) is 5.78. The third-order valence-corrected chi connectivity index (χ3v) is 4.21. The van der Waals surface area contributed by atoms with Gasteiger partial charge < -0.3 is 10.6 Å². The number of carbonyl (C=O) groups excluding carboxylic acids is 1. The number of hydrogen-bond acceptors (Lipinski definition) is 3. The predicted molar refractivity (Wildman–Crippen MR) is 103 cm³/mol. The molecule has 9 heteroatoms. The number of carbonyl (C=O) groups is 1. The van der Waals surface area contributed by atoms with E-state index in [-0.39, 0.29) is 29.8 Å². The van der Waals surface area contributed by atoms with Crippen molar-refractivity contribution in [2.75, 3.05) is 0 Å². The maximum Gasteiger partial charge on any atom is 0.280 e. The molecule has 0 aromatic heterocycles. The molecule has 1 fully saturated rings. The van der Waals surface area contributed by atoms with Crippen molar-refractivity contribution in [3.8, 4) is 0 Å². The van der Waals surface area contributed by atoms with Crippen LogP contribution in [0.25, 0.3) is 0 Å². The summed E-state index contributed by atoms with van der Waals surface area (Å²) in [7, 11) is 0. The fourth-order valence-electron chi connectivity index (χ4n) is 2.98. The van der Waals surface area contributed by atoms with Crippen molar-refractivity contribution >= 4 is 11.9 Å². The van der Waals surface area contributed by atoms with E-state index in [1.165, 1.54) is 30.3 Å². The highest BCUT2D eigenvalue weighted by Gasteiger charge is 2.27. The Morgan fingerprint density at radius 2 is 1.79 bits per heavy atom. The summed E-state index contributed by atoms with van der Waals surface area (Å²) >= 11 is 0. The van der Waals surface area contributed by atoms with E-state index in [4.69, 9.17) is 0 Å². The number of nitrogens with one attached hydrogen (secondary N) is 4. The van der Waals surface area contributed by atoms with Crippen molar-refractivity contribution in [2.24, 2.45) is 4.99 Å². The topological polar surface area (TPSA) is 77.5 Å². The summed E-state index contributed by atoms with van der Waals surface area (Å²) < 4.78 is 40.3. The Morgan fingerprint density at radius 3 is 2.45 bits per heavy atom. The molecule has 1 aliphatic heterocycles. The lowest BCUT2D eigenvalue weighted by molar-refractivity contribution is 0.100.